The van der Waals surface area contributed by atoms with E-state index in [9.17, 15) is 5.11 Å². The third kappa shape index (κ3) is 3.21. The predicted molar refractivity (Wildman–Crippen MR) is 85.0 cm³/mol. The van der Waals surface area contributed by atoms with Crippen LogP contribution in [-0.2, 0) is 19.3 Å². The number of aryl methyl sites for hydroxylation is 2. The van der Waals surface area contributed by atoms with E-state index in [0.29, 0.717) is 5.75 Å². The summed E-state index contributed by atoms with van der Waals surface area (Å²) in [6.07, 6.45) is 3.71. The van der Waals surface area contributed by atoms with Gasteiger partial charge in [0.25, 0.3) is 0 Å². The first-order chi connectivity index (χ1) is 10.0. The molecule has 0 saturated carbocycles. The van der Waals surface area contributed by atoms with Crippen LogP contribution in [0.25, 0.3) is 0 Å². The fourth-order valence-corrected chi connectivity index (χ4v) is 2.88. The summed E-state index contributed by atoms with van der Waals surface area (Å²) in [5.74, 6) is 1.24. The third-order valence-electron chi connectivity index (χ3n) is 4.15. The number of fused-ring (bicyclic) bond motifs is 1. The molecule has 0 amide bonds. The molecule has 0 aliphatic carbocycles. The zero-order valence-corrected chi connectivity index (χ0v) is 12.7. The fraction of sp³-hybridized carbons (Fsp3) is 0.368. The van der Waals surface area contributed by atoms with Crippen LogP contribution in [-0.4, -0.2) is 10.7 Å². The lowest BCUT2D eigenvalue weighted by molar-refractivity contribution is 0.0836. The molecule has 2 aromatic carbocycles. The number of benzene rings is 2. The van der Waals surface area contributed by atoms with E-state index in [2.05, 4.69) is 44.2 Å². The van der Waals surface area contributed by atoms with Crippen molar-refractivity contribution in [2.45, 2.75) is 45.1 Å². The normalized spacial score (nSPS) is 16.1. The molecule has 0 unspecified atom stereocenters. The van der Waals surface area contributed by atoms with Crippen LogP contribution in [0.3, 0.4) is 0 Å². The van der Waals surface area contributed by atoms with Crippen LogP contribution >= 0.6 is 0 Å². The quantitative estimate of drug-likeness (QED) is 0.910. The molecule has 0 fully saturated rings. The highest BCUT2D eigenvalue weighted by atomic mass is 16.5. The van der Waals surface area contributed by atoms with Crippen molar-refractivity contribution in [1.29, 1.82) is 0 Å². The van der Waals surface area contributed by atoms with Crippen molar-refractivity contribution >= 4 is 0 Å². The number of aromatic hydroxyl groups is 1. The Labute approximate surface area is 126 Å². The minimum atomic E-state index is -0.141. The number of phenols is 1. The Morgan fingerprint density at radius 2 is 1.76 bits per heavy atom. The zero-order chi connectivity index (χ0) is 14.9. The van der Waals surface area contributed by atoms with E-state index in [-0.39, 0.29) is 5.60 Å². The molecule has 0 aromatic heterocycles. The third-order valence-corrected chi connectivity index (χ3v) is 4.15. The minimum absolute atomic E-state index is 0.141. The second kappa shape index (κ2) is 5.44. The standard InChI is InChI=1S/C19H22O2/c1-19(2)11-10-16-17(20)12-15(13-18(16)21-19)9-8-14-6-4-3-5-7-14/h3-7,12-13,20H,8-11H2,1-2H3. The van der Waals surface area contributed by atoms with Crippen LogP contribution < -0.4 is 4.74 Å². The van der Waals surface area contributed by atoms with Crippen molar-refractivity contribution in [3.63, 3.8) is 0 Å². The molecule has 2 heteroatoms. The summed E-state index contributed by atoms with van der Waals surface area (Å²) < 4.78 is 6.03. The van der Waals surface area contributed by atoms with Crippen molar-refractivity contribution in [3.8, 4) is 11.5 Å². The number of rotatable bonds is 3. The van der Waals surface area contributed by atoms with Gasteiger partial charge in [0.1, 0.15) is 17.1 Å². The van der Waals surface area contributed by atoms with Crippen LogP contribution in [0.4, 0.5) is 0 Å². The van der Waals surface area contributed by atoms with Gasteiger partial charge in [0.15, 0.2) is 0 Å². The molecule has 1 heterocycles. The average molecular weight is 282 g/mol. The predicted octanol–water partition coefficient (Wildman–Crippen LogP) is 4.28. The molecule has 21 heavy (non-hydrogen) atoms. The molecule has 1 aliphatic heterocycles. The van der Waals surface area contributed by atoms with Crippen LogP contribution in [0.1, 0.15) is 37.0 Å². The van der Waals surface area contributed by atoms with Gasteiger partial charge in [-0.1, -0.05) is 30.3 Å². The number of phenolic OH excluding ortho intramolecular Hbond substituents is 1. The van der Waals surface area contributed by atoms with Gasteiger partial charge in [-0.15, -0.1) is 0 Å². The summed E-state index contributed by atoms with van der Waals surface area (Å²) >= 11 is 0. The summed E-state index contributed by atoms with van der Waals surface area (Å²) in [5, 5.41) is 10.2. The van der Waals surface area contributed by atoms with E-state index in [1.807, 2.05) is 12.1 Å². The molecular weight excluding hydrogens is 260 g/mol. The van der Waals surface area contributed by atoms with Gasteiger partial charge in [-0.25, -0.2) is 0 Å². The van der Waals surface area contributed by atoms with Crippen LogP contribution in [0.5, 0.6) is 11.5 Å². The maximum Gasteiger partial charge on any atom is 0.127 e. The summed E-state index contributed by atoms with van der Waals surface area (Å²) in [7, 11) is 0. The largest absolute Gasteiger partial charge is 0.508 e. The number of hydrogen-bond acceptors (Lipinski definition) is 2. The summed E-state index contributed by atoms with van der Waals surface area (Å²) in [5.41, 5.74) is 3.26. The molecule has 1 aliphatic rings. The zero-order valence-electron chi connectivity index (χ0n) is 12.7. The summed E-state index contributed by atoms with van der Waals surface area (Å²) in [6.45, 7) is 4.20. The Hall–Kier alpha value is -1.96. The van der Waals surface area contributed by atoms with E-state index in [4.69, 9.17) is 4.74 Å². The number of ether oxygens (including phenoxy) is 1. The van der Waals surface area contributed by atoms with Gasteiger partial charge in [0, 0.05) is 5.56 Å². The van der Waals surface area contributed by atoms with Crippen molar-refractivity contribution in [2.75, 3.05) is 0 Å². The van der Waals surface area contributed by atoms with Gasteiger partial charge in [-0.2, -0.15) is 0 Å². The molecule has 0 bridgehead atoms. The van der Waals surface area contributed by atoms with Gasteiger partial charge >= 0.3 is 0 Å². The van der Waals surface area contributed by atoms with E-state index in [1.54, 1.807) is 0 Å². The van der Waals surface area contributed by atoms with Crippen LogP contribution in [0, 0.1) is 0 Å². The maximum atomic E-state index is 10.2. The summed E-state index contributed by atoms with van der Waals surface area (Å²) in [4.78, 5) is 0. The lowest BCUT2D eigenvalue weighted by Crippen LogP contribution is -2.32. The molecule has 3 rings (SSSR count). The van der Waals surface area contributed by atoms with Gasteiger partial charge in [0.05, 0.1) is 0 Å². The first kappa shape index (κ1) is 14.0. The van der Waals surface area contributed by atoms with E-state index >= 15 is 0 Å². The first-order valence-electron chi connectivity index (χ1n) is 7.61. The molecule has 1 N–H and O–H groups in total. The van der Waals surface area contributed by atoms with Crippen molar-refractivity contribution in [1.82, 2.24) is 0 Å². The highest BCUT2D eigenvalue weighted by molar-refractivity contribution is 5.49. The molecule has 0 radical (unpaired) electrons. The van der Waals surface area contributed by atoms with Gasteiger partial charge in [-0.05, 0) is 62.8 Å². The lowest BCUT2D eigenvalue weighted by Gasteiger charge is -2.33. The van der Waals surface area contributed by atoms with Crippen LogP contribution in [0.2, 0.25) is 0 Å². The Kier molecular flexibility index (Phi) is 3.62. The van der Waals surface area contributed by atoms with Gasteiger partial charge < -0.3 is 9.84 Å². The Morgan fingerprint density at radius 3 is 2.52 bits per heavy atom. The summed E-state index contributed by atoms with van der Waals surface area (Å²) in [6, 6.07) is 14.4. The average Bonchev–Trinajstić information content (AvgIpc) is 2.45. The highest BCUT2D eigenvalue weighted by Gasteiger charge is 2.28. The second-order valence-corrected chi connectivity index (χ2v) is 6.44. The first-order valence-corrected chi connectivity index (χ1v) is 7.61. The topological polar surface area (TPSA) is 29.5 Å². The number of hydrogen-bond donors (Lipinski definition) is 1. The molecule has 0 atom stereocenters. The SMILES string of the molecule is CC1(C)CCc2c(O)cc(CCc3ccccc3)cc2O1. The smallest absolute Gasteiger partial charge is 0.127 e. The van der Waals surface area contributed by atoms with E-state index in [0.717, 1.165) is 42.6 Å². The second-order valence-electron chi connectivity index (χ2n) is 6.44. The molecule has 110 valence electrons. The van der Waals surface area contributed by atoms with Crippen molar-refractivity contribution < 1.29 is 9.84 Å². The van der Waals surface area contributed by atoms with E-state index < -0.39 is 0 Å². The monoisotopic (exact) mass is 282 g/mol. The Morgan fingerprint density at radius 1 is 1.05 bits per heavy atom. The highest BCUT2D eigenvalue weighted by Crippen LogP contribution is 2.39. The lowest BCUT2D eigenvalue weighted by atomic mass is 9.92. The minimum Gasteiger partial charge on any atom is -0.508 e. The maximum absolute atomic E-state index is 10.2. The van der Waals surface area contributed by atoms with Crippen molar-refractivity contribution in [2.24, 2.45) is 0 Å². The molecule has 2 aromatic rings. The van der Waals surface area contributed by atoms with Crippen LogP contribution in [0.15, 0.2) is 42.5 Å². The van der Waals surface area contributed by atoms with E-state index in [1.165, 1.54) is 5.56 Å². The van der Waals surface area contributed by atoms with Gasteiger partial charge in [0.2, 0.25) is 0 Å². The fourth-order valence-electron chi connectivity index (χ4n) is 2.88. The van der Waals surface area contributed by atoms with Gasteiger partial charge in [-0.3, -0.25) is 0 Å². The Balaban J connectivity index is 1.79. The molecule has 0 saturated heterocycles. The molecular formula is C19H22O2. The Bertz CT molecular complexity index is 630. The molecule has 0 spiro atoms. The molecule has 2 nitrogen and oxygen atoms in total. The van der Waals surface area contributed by atoms with Crippen molar-refractivity contribution in [3.05, 3.63) is 59.2 Å².